The summed E-state index contributed by atoms with van der Waals surface area (Å²) in [6.45, 7) is 8.01. The fourth-order valence-corrected chi connectivity index (χ4v) is 1.01. The molecule has 0 spiro atoms. The summed E-state index contributed by atoms with van der Waals surface area (Å²) < 4.78 is 0. The molecule has 10 heavy (non-hydrogen) atoms. The van der Waals surface area contributed by atoms with Crippen LogP contribution in [0.3, 0.4) is 0 Å². The maximum absolute atomic E-state index is 5.32. The van der Waals surface area contributed by atoms with E-state index in [-0.39, 0.29) is 0 Å². The Hall–Kier alpha value is -0.700. The molecule has 1 unspecified atom stereocenters. The predicted octanol–water partition coefficient (Wildman–Crippen LogP) is 3.00. The lowest BCUT2D eigenvalue weighted by Gasteiger charge is -2.07. The summed E-state index contributed by atoms with van der Waals surface area (Å²) in [5, 5.41) is 0. The molecule has 0 heterocycles. The highest BCUT2D eigenvalue weighted by atomic mass is 14.1. The molecule has 0 radical (unpaired) electrons. The molecule has 0 rings (SSSR count). The molecule has 0 fully saturated rings. The summed E-state index contributed by atoms with van der Waals surface area (Å²) in [5.41, 5.74) is 1.19. The molecule has 1 atom stereocenters. The van der Waals surface area contributed by atoms with Gasteiger partial charge in [-0.1, -0.05) is 18.9 Å². The molecule has 0 nitrogen and oxygen atoms in total. The molecule has 0 amide bonds. The van der Waals surface area contributed by atoms with Crippen LogP contribution in [0.25, 0.3) is 0 Å². The Morgan fingerprint density at radius 1 is 1.70 bits per heavy atom. The van der Waals surface area contributed by atoms with Crippen LogP contribution < -0.4 is 0 Å². The Morgan fingerprint density at radius 2 is 2.30 bits per heavy atom. The molecule has 0 aromatic rings. The number of allylic oxidation sites excluding steroid dienone is 1. The maximum Gasteiger partial charge on any atom is 0.0237 e. The highest BCUT2D eigenvalue weighted by Crippen LogP contribution is 2.13. The normalized spacial score (nSPS) is 12.1. The minimum atomic E-state index is 0.419. The Morgan fingerprint density at radius 3 is 2.60 bits per heavy atom. The van der Waals surface area contributed by atoms with Crippen molar-refractivity contribution in [3.8, 4) is 12.3 Å². The van der Waals surface area contributed by atoms with Crippen molar-refractivity contribution in [2.75, 3.05) is 0 Å². The summed E-state index contributed by atoms with van der Waals surface area (Å²) in [6, 6.07) is 0. The monoisotopic (exact) mass is 136 g/mol. The molecule has 0 saturated carbocycles. The van der Waals surface area contributed by atoms with E-state index in [0.717, 1.165) is 12.8 Å². The Balaban J connectivity index is 3.63. The van der Waals surface area contributed by atoms with Gasteiger partial charge in [-0.25, -0.2) is 0 Å². The lowest BCUT2D eigenvalue weighted by atomic mass is 9.97. The molecule has 0 heteroatoms. The first-order chi connectivity index (χ1) is 4.70. The van der Waals surface area contributed by atoms with E-state index in [4.69, 9.17) is 6.42 Å². The third kappa shape index (κ3) is 4.21. The van der Waals surface area contributed by atoms with E-state index in [2.05, 4.69) is 19.4 Å². The first kappa shape index (κ1) is 9.30. The third-order valence-electron chi connectivity index (χ3n) is 1.47. The van der Waals surface area contributed by atoms with Crippen molar-refractivity contribution in [2.45, 2.75) is 33.1 Å². The largest absolute Gasteiger partial charge is 0.120 e. The van der Waals surface area contributed by atoms with Gasteiger partial charge in [-0.2, -0.15) is 0 Å². The lowest BCUT2D eigenvalue weighted by Crippen LogP contribution is -1.95. The fourth-order valence-electron chi connectivity index (χ4n) is 1.01. The van der Waals surface area contributed by atoms with Crippen molar-refractivity contribution in [1.82, 2.24) is 0 Å². The van der Waals surface area contributed by atoms with Crippen molar-refractivity contribution < 1.29 is 0 Å². The summed E-state index contributed by atoms with van der Waals surface area (Å²) in [5.74, 6) is 3.19. The molecule has 0 aromatic carbocycles. The van der Waals surface area contributed by atoms with Crippen LogP contribution in [0.4, 0.5) is 0 Å². The summed E-state index contributed by atoms with van der Waals surface area (Å²) >= 11 is 0. The smallest absolute Gasteiger partial charge is 0.0237 e. The fraction of sp³-hybridized carbons (Fsp3) is 0.600. The van der Waals surface area contributed by atoms with Gasteiger partial charge in [0.25, 0.3) is 0 Å². The number of hydrogen-bond acceptors (Lipinski definition) is 0. The minimum absolute atomic E-state index is 0.419. The number of rotatable bonds is 4. The van der Waals surface area contributed by atoms with E-state index in [9.17, 15) is 0 Å². The first-order valence-electron chi connectivity index (χ1n) is 3.81. The van der Waals surface area contributed by atoms with Crippen molar-refractivity contribution in [3.63, 3.8) is 0 Å². The second-order valence-electron chi connectivity index (χ2n) is 2.81. The average molecular weight is 136 g/mol. The maximum atomic E-state index is 5.32. The minimum Gasteiger partial charge on any atom is -0.120 e. The van der Waals surface area contributed by atoms with Gasteiger partial charge in [0.2, 0.25) is 0 Å². The van der Waals surface area contributed by atoms with Gasteiger partial charge in [0.15, 0.2) is 0 Å². The van der Waals surface area contributed by atoms with Crippen LogP contribution >= 0.6 is 0 Å². The van der Waals surface area contributed by atoms with Crippen LogP contribution in [0, 0.1) is 18.3 Å². The van der Waals surface area contributed by atoms with Gasteiger partial charge >= 0.3 is 0 Å². The van der Waals surface area contributed by atoms with Crippen molar-refractivity contribution in [3.05, 3.63) is 12.2 Å². The van der Waals surface area contributed by atoms with Crippen LogP contribution in [0.15, 0.2) is 12.2 Å². The van der Waals surface area contributed by atoms with Crippen LogP contribution in [0.2, 0.25) is 0 Å². The van der Waals surface area contributed by atoms with E-state index in [1.807, 2.05) is 6.92 Å². The Bertz CT molecular complexity index is 137. The molecule has 0 aromatic heterocycles. The van der Waals surface area contributed by atoms with Gasteiger partial charge in [0.1, 0.15) is 0 Å². The zero-order valence-corrected chi connectivity index (χ0v) is 6.98. The van der Waals surface area contributed by atoms with Gasteiger partial charge < -0.3 is 0 Å². The molecular formula is C10H16. The second kappa shape index (κ2) is 5.11. The van der Waals surface area contributed by atoms with E-state index in [0.29, 0.717) is 5.92 Å². The molecular weight excluding hydrogens is 120 g/mol. The van der Waals surface area contributed by atoms with Gasteiger partial charge in [0, 0.05) is 5.92 Å². The summed E-state index contributed by atoms with van der Waals surface area (Å²) in [7, 11) is 0. The molecule has 0 N–H and O–H groups in total. The first-order valence-corrected chi connectivity index (χ1v) is 3.81. The molecule has 0 bridgehead atoms. The van der Waals surface area contributed by atoms with Gasteiger partial charge in [-0.05, 0) is 19.8 Å². The second-order valence-corrected chi connectivity index (χ2v) is 2.81. The topological polar surface area (TPSA) is 0 Å². The summed E-state index contributed by atoms with van der Waals surface area (Å²) in [4.78, 5) is 0. The standard InChI is InChI=1S/C10H16/c1-5-7-10(6-2)8-9(3)4/h2,10H,3,5,7-8H2,1,4H3. The third-order valence-corrected chi connectivity index (χ3v) is 1.47. The van der Waals surface area contributed by atoms with E-state index in [1.165, 1.54) is 12.0 Å². The SMILES string of the molecule is C#CC(CCC)CC(=C)C. The van der Waals surface area contributed by atoms with Gasteiger partial charge in [0.05, 0.1) is 0 Å². The molecule has 0 aliphatic rings. The van der Waals surface area contributed by atoms with E-state index in [1.54, 1.807) is 0 Å². The zero-order valence-electron chi connectivity index (χ0n) is 6.98. The lowest BCUT2D eigenvalue weighted by molar-refractivity contribution is 0.594. The number of terminal acetylenes is 1. The number of hydrogen-bond donors (Lipinski definition) is 0. The zero-order chi connectivity index (χ0) is 7.98. The Kier molecular flexibility index (Phi) is 4.76. The van der Waals surface area contributed by atoms with E-state index < -0.39 is 0 Å². The van der Waals surface area contributed by atoms with Crippen molar-refractivity contribution in [2.24, 2.45) is 5.92 Å². The predicted molar refractivity (Wildman–Crippen MR) is 46.7 cm³/mol. The molecule has 0 aliphatic heterocycles. The van der Waals surface area contributed by atoms with Crippen molar-refractivity contribution >= 4 is 0 Å². The van der Waals surface area contributed by atoms with Crippen LogP contribution in [0.1, 0.15) is 33.1 Å². The van der Waals surface area contributed by atoms with Gasteiger partial charge in [-0.15, -0.1) is 18.9 Å². The molecule has 0 aliphatic carbocycles. The van der Waals surface area contributed by atoms with Crippen LogP contribution in [0.5, 0.6) is 0 Å². The van der Waals surface area contributed by atoms with Crippen LogP contribution in [-0.2, 0) is 0 Å². The summed E-state index contributed by atoms with van der Waals surface area (Å²) in [6.07, 6.45) is 8.60. The molecule has 0 saturated heterocycles. The van der Waals surface area contributed by atoms with Crippen molar-refractivity contribution in [1.29, 1.82) is 0 Å². The quantitative estimate of drug-likeness (QED) is 0.411. The Labute approximate surface area is 64.3 Å². The average Bonchev–Trinajstić information content (AvgIpc) is 1.86. The molecule has 56 valence electrons. The highest BCUT2D eigenvalue weighted by Gasteiger charge is 2.02. The van der Waals surface area contributed by atoms with Crippen LogP contribution in [-0.4, -0.2) is 0 Å². The van der Waals surface area contributed by atoms with Gasteiger partial charge in [-0.3, -0.25) is 0 Å². The highest BCUT2D eigenvalue weighted by molar-refractivity contribution is 5.01. The van der Waals surface area contributed by atoms with E-state index >= 15 is 0 Å².